The van der Waals surface area contributed by atoms with Crippen LogP contribution in [0.25, 0.3) is 0 Å². The molecule has 0 bridgehead atoms. The maximum atomic E-state index is 12.8. The lowest BCUT2D eigenvalue weighted by atomic mass is 9.95. The van der Waals surface area contributed by atoms with E-state index in [4.69, 9.17) is 4.74 Å². The fourth-order valence-corrected chi connectivity index (χ4v) is 5.44. The maximum Gasteiger partial charge on any atom is 0.238 e. The molecule has 0 saturated carbocycles. The van der Waals surface area contributed by atoms with Crippen LogP contribution in [0.15, 0.2) is 90.7 Å². The number of para-hydroxylation sites is 1. The first-order valence-corrected chi connectivity index (χ1v) is 13.0. The standard InChI is InChI=1S/C30H36N4O2.ClH/c1-23(2)34(27-9-4-3-5-10-27)28-14-12-25(13-15-28)31-30(35)20-32-18-16-26(17-19-32)33-22-36-21-24-8-6-7-11-29(24)33;/h3-15,21,23,26,29H,16-20,22H2,1-2H3,(H,31,35);1H. The van der Waals surface area contributed by atoms with E-state index in [9.17, 15) is 4.79 Å². The number of ether oxygens (including phenoxy) is 1. The smallest absolute Gasteiger partial charge is 0.238 e. The van der Waals surface area contributed by atoms with Crippen molar-refractivity contribution in [3.05, 3.63) is 90.7 Å². The number of allylic oxidation sites excluding steroid dienone is 2. The lowest BCUT2D eigenvalue weighted by molar-refractivity contribution is -0.117. The van der Waals surface area contributed by atoms with Crippen LogP contribution in [0.4, 0.5) is 17.1 Å². The van der Waals surface area contributed by atoms with E-state index in [1.165, 1.54) is 5.57 Å². The molecule has 5 rings (SSSR count). The molecule has 0 spiro atoms. The van der Waals surface area contributed by atoms with Crippen molar-refractivity contribution in [3.63, 3.8) is 0 Å². The number of amides is 1. The molecule has 1 saturated heterocycles. The summed E-state index contributed by atoms with van der Waals surface area (Å²) in [5.41, 5.74) is 4.32. The molecule has 1 atom stereocenters. The largest absolute Gasteiger partial charge is 0.485 e. The van der Waals surface area contributed by atoms with Gasteiger partial charge in [0.1, 0.15) is 6.73 Å². The highest BCUT2D eigenvalue weighted by Gasteiger charge is 2.33. The van der Waals surface area contributed by atoms with Gasteiger partial charge in [0.25, 0.3) is 0 Å². The van der Waals surface area contributed by atoms with Gasteiger partial charge in [-0.1, -0.05) is 42.5 Å². The number of likely N-dealkylation sites (tertiary alicyclic amines) is 1. The number of nitrogens with zero attached hydrogens (tertiary/aromatic N) is 3. The number of halogens is 1. The number of carbonyl (C=O) groups is 1. The van der Waals surface area contributed by atoms with Crippen LogP contribution in [0.5, 0.6) is 0 Å². The van der Waals surface area contributed by atoms with E-state index in [2.05, 4.69) is 94.6 Å². The highest BCUT2D eigenvalue weighted by Crippen LogP contribution is 2.30. The van der Waals surface area contributed by atoms with Gasteiger partial charge in [0.05, 0.1) is 18.8 Å². The second-order valence-electron chi connectivity index (χ2n) is 10.0. The van der Waals surface area contributed by atoms with Crippen molar-refractivity contribution in [2.75, 3.05) is 36.6 Å². The minimum atomic E-state index is 0. The molecular weight excluding hydrogens is 484 g/mol. The van der Waals surface area contributed by atoms with Crippen LogP contribution in [0.2, 0.25) is 0 Å². The van der Waals surface area contributed by atoms with E-state index in [-0.39, 0.29) is 18.3 Å². The molecule has 37 heavy (non-hydrogen) atoms. The Morgan fingerprint density at radius 3 is 2.43 bits per heavy atom. The van der Waals surface area contributed by atoms with E-state index in [0.29, 0.717) is 31.4 Å². The van der Waals surface area contributed by atoms with Crippen LogP contribution in [0.1, 0.15) is 26.7 Å². The number of nitrogens with one attached hydrogen (secondary N) is 1. The third-order valence-corrected chi connectivity index (χ3v) is 7.21. The quantitative estimate of drug-likeness (QED) is 0.505. The molecule has 6 nitrogen and oxygen atoms in total. The Hall–Kier alpha value is -3.06. The van der Waals surface area contributed by atoms with Crippen molar-refractivity contribution in [1.29, 1.82) is 0 Å². The summed E-state index contributed by atoms with van der Waals surface area (Å²) in [6.45, 7) is 7.25. The van der Waals surface area contributed by atoms with Gasteiger partial charge in [-0.25, -0.2) is 0 Å². The van der Waals surface area contributed by atoms with Crippen LogP contribution in [-0.2, 0) is 9.53 Å². The van der Waals surface area contributed by atoms with Gasteiger partial charge < -0.3 is 15.0 Å². The normalized spacial score (nSPS) is 20.0. The van der Waals surface area contributed by atoms with E-state index >= 15 is 0 Å². The Balaban J connectivity index is 0.00000320. The minimum Gasteiger partial charge on any atom is -0.485 e. The zero-order valence-electron chi connectivity index (χ0n) is 21.6. The number of rotatable bonds is 7. The average Bonchev–Trinajstić information content (AvgIpc) is 2.90. The van der Waals surface area contributed by atoms with Gasteiger partial charge in [-0.3, -0.25) is 14.6 Å². The summed E-state index contributed by atoms with van der Waals surface area (Å²) < 4.78 is 5.72. The molecule has 196 valence electrons. The number of benzene rings is 2. The summed E-state index contributed by atoms with van der Waals surface area (Å²) in [6.07, 6.45) is 12.5. The Morgan fingerprint density at radius 2 is 1.73 bits per heavy atom. The van der Waals surface area contributed by atoms with Crippen LogP contribution in [-0.4, -0.2) is 60.2 Å². The van der Waals surface area contributed by atoms with Crippen molar-refractivity contribution < 1.29 is 9.53 Å². The monoisotopic (exact) mass is 520 g/mol. The highest BCUT2D eigenvalue weighted by atomic mass is 35.5. The summed E-state index contributed by atoms with van der Waals surface area (Å²) in [5.74, 6) is 0.0388. The van der Waals surface area contributed by atoms with E-state index in [1.54, 1.807) is 0 Å². The van der Waals surface area contributed by atoms with Crippen molar-refractivity contribution >= 4 is 35.4 Å². The number of carbonyl (C=O) groups excluding carboxylic acids is 1. The van der Waals surface area contributed by atoms with Crippen LogP contribution >= 0.6 is 12.4 Å². The molecule has 3 aliphatic rings. The molecule has 1 amide bonds. The predicted octanol–water partition coefficient (Wildman–Crippen LogP) is 5.73. The summed E-state index contributed by atoms with van der Waals surface area (Å²) in [7, 11) is 0. The Morgan fingerprint density at radius 1 is 1.03 bits per heavy atom. The number of fused-ring (bicyclic) bond motifs is 1. The summed E-state index contributed by atoms with van der Waals surface area (Å²) >= 11 is 0. The van der Waals surface area contributed by atoms with Crippen LogP contribution in [0.3, 0.4) is 0 Å². The van der Waals surface area contributed by atoms with Crippen LogP contribution in [0, 0.1) is 0 Å². The molecule has 0 aromatic heterocycles. The zero-order chi connectivity index (χ0) is 24.9. The van der Waals surface area contributed by atoms with Crippen LogP contribution < -0.4 is 10.2 Å². The van der Waals surface area contributed by atoms with Gasteiger partial charge >= 0.3 is 0 Å². The lowest BCUT2D eigenvalue weighted by Crippen LogP contribution is -2.51. The predicted molar refractivity (Wildman–Crippen MR) is 153 cm³/mol. The molecule has 2 aromatic carbocycles. The van der Waals surface area contributed by atoms with Crippen molar-refractivity contribution in [2.45, 2.75) is 44.8 Å². The summed E-state index contributed by atoms with van der Waals surface area (Å²) in [5, 5.41) is 3.08. The minimum absolute atomic E-state index is 0. The number of piperidine rings is 1. The van der Waals surface area contributed by atoms with Gasteiger partial charge in [0, 0.05) is 47.8 Å². The first-order chi connectivity index (χ1) is 17.6. The molecule has 1 aliphatic carbocycles. The third kappa shape index (κ3) is 6.45. The molecule has 2 aliphatic heterocycles. The molecule has 2 heterocycles. The average molecular weight is 521 g/mol. The molecule has 2 aromatic rings. The van der Waals surface area contributed by atoms with Gasteiger partial charge in [-0.05, 0) is 63.1 Å². The Kier molecular flexibility index (Phi) is 9.09. The molecule has 1 unspecified atom stereocenters. The van der Waals surface area contributed by atoms with Crippen molar-refractivity contribution in [1.82, 2.24) is 9.80 Å². The molecule has 0 radical (unpaired) electrons. The maximum absolute atomic E-state index is 12.8. The molecule has 1 N–H and O–H groups in total. The third-order valence-electron chi connectivity index (χ3n) is 7.21. The number of hydrogen-bond acceptors (Lipinski definition) is 5. The van der Waals surface area contributed by atoms with Gasteiger partial charge in [0.15, 0.2) is 0 Å². The second-order valence-corrected chi connectivity index (χ2v) is 10.0. The number of anilines is 3. The highest BCUT2D eigenvalue weighted by molar-refractivity contribution is 5.92. The molecule has 1 fully saturated rings. The zero-order valence-corrected chi connectivity index (χ0v) is 22.4. The second kappa shape index (κ2) is 12.5. The van der Waals surface area contributed by atoms with Gasteiger partial charge in [-0.15, -0.1) is 12.4 Å². The summed E-state index contributed by atoms with van der Waals surface area (Å²) in [6, 6.07) is 19.6. The first kappa shape index (κ1) is 27.0. The van der Waals surface area contributed by atoms with E-state index in [1.807, 2.05) is 24.5 Å². The van der Waals surface area contributed by atoms with Gasteiger partial charge in [-0.2, -0.15) is 0 Å². The Bertz CT molecular complexity index is 1120. The Labute approximate surface area is 226 Å². The first-order valence-electron chi connectivity index (χ1n) is 13.0. The number of hydrogen-bond donors (Lipinski definition) is 1. The molecular formula is C30H37ClN4O2. The summed E-state index contributed by atoms with van der Waals surface area (Å²) in [4.78, 5) is 19.8. The van der Waals surface area contributed by atoms with Gasteiger partial charge in [0.2, 0.25) is 5.91 Å². The van der Waals surface area contributed by atoms with E-state index < -0.39 is 0 Å². The lowest BCUT2D eigenvalue weighted by Gasteiger charge is -2.43. The van der Waals surface area contributed by atoms with Crippen molar-refractivity contribution in [3.8, 4) is 0 Å². The van der Waals surface area contributed by atoms with E-state index in [0.717, 1.165) is 43.0 Å². The SMILES string of the molecule is CC(C)N(c1ccccc1)c1ccc(NC(=O)CN2CCC(N3COC=C4C=CC=CC43)CC2)cc1.Cl. The fourth-order valence-electron chi connectivity index (χ4n) is 5.44. The van der Waals surface area contributed by atoms with Crippen molar-refractivity contribution in [2.24, 2.45) is 0 Å². The fraction of sp³-hybridized carbons (Fsp3) is 0.367. The molecule has 7 heteroatoms. The topological polar surface area (TPSA) is 48.1 Å².